The Hall–Kier alpha value is -2.14. The van der Waals surface area contributed by atoms with Gasteiger partial charge in [-0.05, 0) is 47.4 Å². The quantitative estimate of drug-likeness (QED) is 0.532. The monoisotopic (exact) mass is 305 g/mol. The molecule has 0 heterocycles. The lowest BCUT2D eigenvalue weighted by atomic mass is 9.93. The minimum Gasteiger partial charge on any atom is -0.478 e. The first-order chi connectivity index (χ1) is 10.0. The molecule has 108 valence electrons. The number of fused-ring (bicyclic) bond motifs is 3. The van der Waals surface area contributed by atoms with Crippen molar-refractivity contribution in [1.82, 2.24) is 0 Å². The summed E-state index contributed by atoms with van der Waals surface area (Å²) in [5, 5.41) is 21.5. The molecule has 2 aromatic carbocycles. The van der Waals surface area contributed by atoms with Gasteiger partial charge < -0.3 is 5.11 Å². The zero-order valence-corrected chi connectivity index (χ0v) is 11.8. The van der Waals surface area contributed by atoms with Gasteiger partial charge in [-0.15, -0.1) is 11.6 Å². The van der Waals surface area contributed by atoms with Gasteiger partial charge in [-0.2, -0.15) is 0 Å². The van der Waals surface area contributed by atoms with Crippen molar-refractivity contribution in [3.8, 4) is 0 Å². The molecule has 0 spiro atoms. The third-order valence-electron chi connectivity index (χ3n) is 4.04. The minimum absolute atomic E-state index is 0.0397. The normalized spacial score (nSPS) is 16.9. The maximum absolute atomic E-state index is 11.3. The van der Waals surface area contributed by atoms with Crippen LogP contribution in [0.4, 0.5) is 5.69 Å². The number of benzene rings is 2. The number of carboxylic acids is 1. The van der Waals surface area contributed by atoms with Gasteiger partial charge in [-0.3, -0.25) is 10.1 Å². The van der Waals surface area contributed by atoms with Crippen molar-refractivity contribution >= 4 is 34.0 Å². The van der Waals surface area contributed by atoms with Crippen molar-refractivity contribution in [3.63, 3.8) is 0 Å². The summed E-state index contributed by atoms with van der Waals surface area (Å²) < 4.78 is 0. The van der Waals surface area contributed by atoms with Gasteiger partial charge >= 0.3 is 5.97 Å². The van der Waals surface area contributed by atoms with Crippen molar-refractivity contribution in [1.29, 1.82) is 0 Å². The number of aromatic carboxylic acids is 1. The van der Waals surface area contributed by atoms with Crippen LogP contribution < -0.4 is 0 Å². The minimum atomic E-state index is -1.10. The summed E-state index contributed by atoms with van der Waals surface area (Å²) >= 11 is 5.99. The van der Waals surface area contributed by atoms with Gasteiger partial charge in [0.15, 0.2) is 0 Å². The Morgan fingerprint density at radius 3 is 2.76 bits per heavy atom. The SMILES string of the molecule is O=C(O)c1ccc2c3c(cc([N+](=O)[O-])c2c1)CCC3CCl. The zero-order chi connectivity index (χ0) is 15.1. The van der Waals surface area contributed by atoms with Crippen LogP contribution >= 0.6 is 11.6 Å². The first-order valence-corrected chi connectivity index (χ1v) is 7.09. The highest BCUT2D eigenvalue weighted by atomic mass is 35.5. The van der Waals surface area contributed by atoms with Gasteiger partial charge in [0, 0.05) is 11.9 Å². The van der Waals surface area contributed by atoms with Crippen molar-refractivity contribution in [3.05, 3.63) is 51.1 Å². The molecule has 1 N–H and O–H groups in total. The van der Waals surface area contributed by atoms with E-state index in [0.29, 0.717) is 11.3 Å². The van der Waals surface area contributed by atoms with Crippen LogP contribution in [0.25, 0.3) is 10.8 Å². The number of carboxylic acid groups (broad SMARTS) is 1. The molecule has 6 heteroatoms. The molecule has 21 heavy (non-hydrogen) atoms. The van der Waals surface area contributed by atoms with Crippen LogP contribution in [-0.4, -0.2) is 21.9 Å². The molecule has 0 aliphatic heterocycles. The Balaban J connectivity index is 2.37. The van der Waals surface area contributed by atoms with E-state index in [0.717, 1.165) is 29.4 Å². The van der Waals surface area contributed by atoms with Gasteiger partial charge in [0.2, 0.25) is 0 Å². The smallest absolute Gasteiger partial charge is 0.335 e. The highest BCUT2D eigenvalue weighted by Gasteiger charge is 2.28. The lowest BCUT2D eigenvalue weighted by molar-refractivity contribution is -0.383. The van der Waals surface area contributed by atoms with Crippen LogP contribution in [-0.2, 0) is 6.42 Å². The van der Waals surface area contributed by atoms with E-state index in [2.05, 4.69) is 0 Å². The predicted molar refractivity (Wildman–Crippen MR) is 79.3 cm³/mol. The molecule has 1 atom stereocenters. The molecule has 1 unspecified atom stereocenters. The number of carbonyl (C=O) groups is 1. The molecule has 0 fully saturated rings. The summed E-state index contributed by atoms with van der Waals surface area (Å²) in [6, 6.07) is 6.09. The Kier molecular flexibility index (Phi) is 3.29. The molecule has 0 saturated heterocycles. The highest BCUT2D eigenvalue weighted by Crippen LogP contribution is 2.42. The van der Waals surface area contributed by atoms with Crippen molar-refractivity contribution < 1.29 is 14.8 Å². The first-order valence-electron chi connectivity index (χ1n) is 6.56. The second-order valence-electron chi connectivity index (χ2n) is 5.18. The van der Waals surface area contributed by atoms with E-state index in [1.165, 1.54) is 12.1 Å². The predicted octanol–water partition coefficient (Wildman–Crippen LogP) is 3.71. The lowest BCUT2D eigenvalue weighted by Crippen LogP contribution is -2.01. The fourth-order valence-corrected chi connectivity index (χ4v) is 3.39. The summed E-state index contributed by atoms with van der Waals surface area (Å²) in [6.07, 6.45) is 1.64. The largest absolute Gasteiger partial charge is 0.478 e. The van der Waals surface area contributed by atoms with E-state index in [1.54, 1.807) is 12.1 Å². The van der Waals surface area contributed by atoms with Crippen LogP contribution in [0.15, 0.2) is 24.3 Å². The number of alkyl halides is 1. The maximum Gasteiger partial charge on any atom is 0.335 e. The molecular formula is C15H12ClNO4. The molecule has 1 aliphatic rings. The highest BCUT2D eigenvalue weighted by molar-refractivity contribution is 6.18. The number of hydrogen-bond acceptors (Lipinski definition) is 3. The fraction of sp³-hybridized carbons (Fsp3) is 0.267. The summed E-state index contributed by atoms with van der Waals surface area (Å²) in [4.78, 5) is 21.9. The van der Waals surface area contributed by atoms with Crippen LogP contribution in [0, 0.1) is 10.1 Å². The molecule has 1 aliphatic carbocycles. The number of rotatable bonds is 3. The van der Waals surface area contributed by atoms with E-state index >= 15 is 0 Å². The number of halogens is 1. The van der Waals surface area contributed by atoms with Crippen molar-refractivity contribution in [2.75, 3.05) is 5.88 Å². The van der Waals surface area contributed by atoms with Crippen LogP contribution in [0.3, 0.4) is 0 Å². The van der Waals surface area contributed by atoms with E-state index in [9.17, 15) is 14.9 Å². The second-order valence-corrected chi connectivity index (χ2v) is 5.49. The number of nitro benzene ring substituents is 1. The Labute approximate surface area is 125 Å². The standard InChI is InChI=1S/C15H12ClNO4/c16-7-10-2-1-8-6-13(17(20)21)12-5-9(15(18)19)3-4-11(12)14(8)10/h3-6,10H,1-2,7H2,(H,18,19). The van der Waals surface area contributed by atoms with E-state index in [1.807, 2.05) is 0 Å². The van der Waals surface area contributed by atoms with Crippen molar-refractivity contribution in [2.45, 2.75) is 18.8 Å². The molecule has 0 saturated carbocycles. The number of nitrogens with zero attached hydrogens (tertiary/aromatic N) is 1. The van der Waals surface area contributed by atoms with Gasteiger partial charge in [0.05, 0.1) is 15.9 Å². The molecule has 0 bridgehead atoms. The number of non-ortho nitro benzene ring substituents is 1. The van der Waals surface area contributed by atoms with Gasteiger partial charge in [0.25, 0.3) is 5.69 Å². The second kappa shape index (κ2) is 5.00. The molecule has 5 nitrogen and oxygen atoms in total. The number of aryl methyl sites for hydroxylation is 1. The summed E-state index contributed by atoms with van der Waals surface area (Å²) in [7, 11) is 0. The van der Waals surface area contributed by atoms with E-state index < -0.39 is 10.9 Å². The third-order valence-corrected chi connectivity index (χ3v) is 4.42. The summed E-state index contributed by atoms with van der Waals surface area (Å²) in [6.45, 7) is 0. The van der Waals surface area contributed by atoms with E-state index in [4.69, 9.17) is 16.7 Å². The number of hydrogen-bond donors (Lipinski definition) is 1. The molecule has 0 aromatic heterocycles. The van der Waals surface area contributed by atoms with E-state index in [-0.39, 0.29) is 17.2 Å². The molecule has 2 aromatic rings. The fourth-order valence-electron chi connectivity index (χ4n) is 3.09. The maximum atomic E-state index is 11.3. The van der Waals surface area contributed by atoms with Gasteiger partial charge in [-0.1, -0.05) is 6.07 Å². The van der Waals surface area contributed by atoms with Gasteiger partial charge in [-0.25, -0.2) is 4.79 Å². The summed E-state index contributed by atoms with van der Waals surface area (Å²) in [5.74, 6) is -0.470. The average molecular weight is 306 g/mol. The summed E-state index contributed by atoms with van der Waals surface area (Å²) in [5.41, 5.74) is 1.98. The molecule has 0 radical (unpaired) electrons. The van der Waals surface area contributed by atoms with Crippen LogP contribution in [0.2, 0.25) is 0 Å². The first kappa shape index (κ1) is 13.8. The zero-order valence-electron chi connectivity index (χ0n) is 11.0. The Morgan fingerprint density at radius 1 is 1.38 bits per heavy atom. The Bertz CT molecular complexity index is 772. The topological polar surface area (TPSA) is 80.4 Å². The third kappa shape index (κ3) is 2.14. The van der Waals surface area contributed by atoms with Crippen LogP contribution in [0.5, 0.6) is 0 Å². The Morgan fingerprint density at radius 2 is 2.14 bits per heavy atom. The molecule has 3 rings (SSSR count). The molecular weight excluding hydrogens is 294 g/mol. The van der Waals surface area contributed by atoms with Crippen molar-refractivity contribution in [2.24, 2.45) is 0 Å². The number of nitro groups is 1. The molecule has 0 amide bonds. The lowest BCUT2D eigenvalue weighted by Gasteiger charge is -2.12. The van der Waals surface area contributed by atoms with Gasteiger partial charge in [0.1, 0.15) is 0 Å². The average Bonchev–Trinajstić information content (AvgIpc) is 2.88. The van der Waals surface area contributed by atoms with Crippen LogP contribution in [0.1, 0.15) is 33.8 Å².